The molecule has 2 aromatic carbocycles. The van der Waals surface area contributed by atoms with Gasteiger partial charge in [-0.25, -0.2) is 9.37 Å². The molecule has 3 heterocycles. The van der Waals surface area contributed by atoms with E-state index in [-0.39, 0.29) is 5.82 Å². The Hall–Kier alpha value is -3.18. The van der Waals surface area contributed by atoms with Crippen LogP contribution >= 0.6 is 11.6 Å². The number of aromatic nitrogens is 2. The lowest BCUT2D eigenvalue weighted by atomic mass is 10.1. The van der Waals surface area contributed by atoms with Crippen LogP contribution in [0.3, 0.4) is 0 Å². The van der Waals surface area contributed by atoms with Crippen molar-refractivity contribution in [1.82, 2.24) is 9.97 Å². The van der Waals surface area contributed by atoms with Gasteiger partial charge in [0, 0.05) is 46.8 Å². The third kappa shape index (κ3) is 4.53. The molecule has 4 aromatic rings. The van der Waals surface area contributed by atoms with Gasteiger partial charge in [-0.3, -0.25) is 4.98 Å². The molecule has 0 aliphatic carbocycles. The largest absolute Gasteiger partial charge is 0.357 e. The van der Waals surface area contributed by atoms with Crippen LogP contribution in [-0.4, -0.2) is 23.1 Å². The first kappa shape index (κ1) is 20.7. The molecule has 1 N–H and O–H groups in total. The van der Waals surface area contributed by atoms with E-state index < -0.39 is 0 Å². The molecular formula is C26H24ClFN4. The molecule has 1 fully saturated rings. The Labute approximate surface area is 192 Å². The van der Waals surface area contributed by atoms with Gasteiger partial charge in [0.25, 0.3) is 0 Å². The molecule has 0 bridgehead atoms. The highest BCUT2D eigenvalue weighted by atomic mass is 35.5. The first-order chi connectivity index (χ1) is 15.7. The number of halogens is 2. The Kier molecular flexibility index (Phi) is 5.91. The minimum Gasteiger partial charge on any atom is -0.357 e. The lowest BCUT2D eigenvalue weighted by Gasteiger charge is -2.17. The van der Waals surface area contributed by atoms with Crippen molar-refractivity contribution in [2.45, 2.75) is 25.7 Å². The van der Waals surface area contributed by atoms with Crippen LogP contribution in [0.5, 0.6) is 0 Å². The van der Waals surface area contributed by atoms with E-state index in [1.807, 2.05) is 42.5 Å². The number of nitrogens with one attached hydrogen (secondary N) is 1. The lowest BCUT2D eigenvalue weighted by Crippen LogP contribution is -2.19. The van der Waals surface area contributed by atoms with Gasteiger partial charge in [-0.2, -0.15) is 0 Å². The summed E-state index contributed by atoms with van der Waals surface area (Å²) in [6, 6.07) is 18.8. The van der Waals surface area contributed by atoms with Crippen molar-refractivity contribution in [1.29, 1.82) is 0 Å². The highest BCUT2D eigenvalue weighted by Gasteiger charge is 2.14. The van der Waals surface area contributed by atoms with E-state index in [9.17, 15) is 4.39 Å². The SMILES string of the molecule is Fc1ccc(Nc2ccnc3cc(Cl)ccc23)cc1CCc1cccc(N2CCCC2)n1. The molecule has 5 rings (SSSR count). The summed E-state index contributed by atoms with van der Waals surface area (Å²) >= 11 is 6.09. The Morgan fingerprint density at radius 1 is 0.969 bits per heavy atom. The number of hydrogen-bond donors (Lipinski definition) is 1. The summed E-state index contributed by atoms with van der Waals surface area (Å²) in [5.41, 5.74) is 4.22. The zero-order valence-electron chi connectivity index (χ0n) is 17.7. The minimum absolute atomic E-state index is 0.197. The average Bonchev–Trinajstić information content (AvgIpc) is 3.35. The first-order valence-corrected chi connectivity index (χ1v) is 11.3. The number of rotatable bonds is 6. The van der Waals surface area contributed by atoms with Crippen molar-refractivity contribution in [2.75, 3.05) is 23.3 Å². The zero-order valence-corrected chi connectivity index (χ0v) is 18.4. The van der Waals surface area contributed by atoms with Gasteiger partial charge < -0.3 is 10.2 Å². The summed E-state index contributed by atoms with van der Waals surface area (Å²) in [5, 5.41) is 5.02. The summed E-state index contributed by atoms with van der Waals surface area (Å²) in [5.74, 6) is 0.832. The number of nitrogens with zero attached hydrogens (tertiary/aromatic N) is 3. The molecule has 0 spiro atoms. The number of anilines is 3. The number of benzene rings is 2. The van der Waals surface area contributed by atoms with Gasteiger partial charge in [-0.1, -0.05) is 17.7 Å². The second-order valence-corrected chi connectivity index (χ2v) is 8.57. The summed E-state index contributed by atoms with van der Waals surface area (Å²) in [7, 11) is 0. The van der Waals surface area contributed by atoms with Crippen LogP contribution in [0, 0.1) is 5.82 Å². The quantitative estimate of drug-likeness (QED) is 0.364. The number of aryl methyl sites for hydroxylation is 2. The van der Waals surface area contributed by atoms with Gasteiger partial charge in [0.05, 0.1) is 5.52 Å². The first-order valence-electron chi connectivity index (χ1n) is 11.0. The van der Waals surface area contributed by atoms with Crippen LogP contribution in [0.15, 0.2) is 66.9 Å². The predicted octanol–water partition coefficient (Wildman–Crippen LogP) is 6.55. The highest BCUT2D eigenvalue weighted by molar-refractivity contribution is 6.31. The number of pyridine rings is 2. The van der Waals surface area contributed by atoms with Crippen molar-refractivity contribution in [2.24, 2.45) is 0 Å². The molecular weight excluding hydrogens is 423 g/mol. The van der Waals surface area contributed by atoms with Crippen molar-refractivity contribution in [3.8, 4) is 0 Å². The molecule has 1 aliphatic heterocycles. The third-order valence-corrected chi connectivity index (χ3v) is 6.14. The fourth-order valence-corrected chi connectivity index (χ4v) is 4.39. The molecule has 0 atom stereocenters. The molecule has 0 saturated carbocycles. The molecule has 162 valence electrons. The van der Waals surface area contributed by atoms with E-state index in [0.29, 0.717) is 23.4 Å². The molecule has 0 unspecified atom stereocenters. The molecule has 0 amide bonds. The van der Waals surface area contributed by atoms with Crippen LogP contribution < -0.4 is 10.2 Å². The summed E-state index contributed by atoms with van der Waals surface area (Å²) in [6.07, 6.45) is 5.46. The predicted molar refractivity (Wildman–Crippen MR) is 130 cm³/mol. The maximum atomic E-state index is 14.6. The zero-order chi connectivity index (χ0) is 21.9. The molecule has 1 saturated heterocycles. The average molecular weight is 447 g/mol. The van der Waals surface area contributed by atoms with Crippen LogP contribution in [0.25, 0.3) is 10.9 Å². The maximum absolute atomic E-state index is 14.6. The lowest BCUT2D eigenvalue weighted by molar-refractivity contribution is 0.608. The monoisotopic (exact) mass is 446 g/mol. The minimum atomic E-state index is -0.197. The van der Waals surface area contributed by atoms with E-state index >= 15 is 0 Å². The molecule has 32 heavy (non-hydrogen) atoms. The van der Waals surface area contributed by atoms with E-state index in [0.717, 1.165) is 46.9 Å². The molecule has 0 radical (unpaired) electrons. The summed E-state index contributed by atoms with van der Waals surface area (Å²) in [4.78, 5) is 11.5. The van der Waals surface area contributed by atoms with Crippen LogP contribution in [0.1, 0.15) is 24.1 Å². The molecule has 1 aliphatic rings. The Morgan fingerprint density at radius 2 is 1.84 bits per heavy atom. The smallest absolute Gasteiger partial charge is 0.128 e. The highest BCUT2D eigenvalue weighted by Crippen LogP contribution is 2.28. The number of fused-ring (bicyclic) bond motifs is 1. The molecule has 4 nitrogen and oxygen atoms in total. The topological polar surface area (TPSA) is 41.1 Å². The maximum Gasteiger partial charge on any atom is 0.128 e. The van der Waals surface area contributed by atoms with Crippen molar-refractivity contribution in [3.63, 3.8) is 0 Å². The van der Waals surface area contributed by atoms with Gasteiger partial charge in [-0.05, 0) is 85.8 Å². The fraction of sp³-hybridized carbons (Fsp3) is 0.231. The van der Waals surface area contributed by atoms with Gasteiger partial charge in [-0.15, -0.1) is 0 Å². The Bertz CT molecular complexity index is 1250. The van der Waals surface area contributed by atoms with E-state index in [1.165, 1.54) is 18.9 Å². The second-order valence-electron chi connectivity index (χ2n) is 8.13. The summed E-state index contributed by atoms with van der Waals surface area (Å²) in [6.45, 7) is 2.13. The number of hydrogen-bond acceptors (Lipinski definition) is 4. The third-order valence-electron chi connectivity index (χ3n) is 5.90. The van der Waals surface area contributed by atoms with E-state index in [4.69, 9.17) is 16.6 Å². The van der Waals surface area contributed by atoms with Gasteiger partial charge in [0.15, 0.2) is 0 Å². The molecule has 6 heteroatoms. The Balaban J connectivity index is 1.33. The van der Waals surface area contributed by atoms with Gasteiger partial charge in [0.1, 0.15) is 11.6 Å². The Morgan fingerprint density at radius 3 is 2.72 bits per heavy atom. The van der Waals surface area contributed by atoms with Crippen LogP contribution in [-0.2, 0) is 12.8 Å². The van der Waals surface area contributed by atoms with E-state index in [1.54, 1.807) is 12.3 Å². The van der Waals surface area contributed by atoms with Crippen molar-refractivity contribution < 1.29 is 4.39 Å². The standard InChI is InChI=1S/C26H24ClFN4/c27-19-7-10-22-24(12-13-29-25(22)17-19)30-21-9-11-23(28)18(16-21)6-8-20-4-3-5-26(31-20)32-14-1-2-15-32/h3-5,7,9-13,16-17H,1-2,6,8,14-15H2,(H,29,30). The second kappa shape index (κ2) is 9.13. The van der Waals surface area contributed by atoms with Gasteiger partial charge in [0.2, 0.25) is 0 Å². The van der Waals surface area contributed by atoms with Crippen molar-refractivity contribution in [3.05, 3.63) is 89.0 Å². The van der Waals surface area contributed by atoms with E-state index in [2.05, 4.69) is 21.3 Å². The van der Waals surface area contributed by atoms with Crippen molar-refractivity contribution >= 4 is 39.7 Å². The summed E-state index contributed by atoms with van der Waals surface area (Å²) < 4.78 is 14.6. The molecule has 2 aromatic heterocycles. The van der Waals surface area contributed by atoms with Crippen LogP contribution in [0.2, 0.25) is 5.02 Å². The normalized spacial score (nSPS) is 13.6. The van der Waals surface area contributed by atoms with Crippen LogP contribution in [0.4, 0.5) is 21.6 Å². The van der Waals surface area contributed by atoms with Gasteiger partial charge >= 0.3 is 0 Å². The fourth-order valence-electron chi connectivity index (χ4n) is 4.22.